The van der Waals surface area contributed by atoms with Gasteiger partial charge in [0.2, 0.25) is 0 Å². The van der Waals surface area contributed by atoms with Gasteiger partial charge in [0.1, 0.15) is 0 Å². The second-order valence-corrected chi connectivity index (χ2v) is 8.56. The molecule has 1 aromatic heterocycles. The zero-order valence-electron chi connectivity index (χ0n) is 17.1. The Bertz CT molecular complexity index is 1070. The van der Waals surface area contributed by atoms with E-state index in [0.717, 1.165) is 54.0 Å². The maximum Gasteiger partial charge on any atom is 0.0991 e. The Hall–Kier alpha value is -2.94. The van der Waals surface area contributed by atoms with E-state index in [1.54, 1.807) is 0 Å². The standard InChI is InChI=1S/C25H27N5/c26-13-18-2-1-3-20(10-18)22-11-21-4-7-27-16-24(21)25(12-22)29-23-5-8-30(9-6-23)17-19-14-28-15-19/h1-4,7,10-12,16,19,23,28-29H,5-6,8-9,14-15,17H2. The predicted molar refractivity (Wildman–Crippen MR) is 121 cm³/mol. The Labute approximate surface area is 177 Å². The van der Waals surface area contributed by atoms with Crippen molar-refractivity contribution in [3.8, 4) is 17.2 Å². The number of nitriles is 1. The molecule has 0 spiro atoms. The molecule has 2 fully saturated rings. The van der Waals surface area contributed by atoms with Crippen LogP contribution in [0, 0.1) is 17.2 Å². The van der Waals surface area contributed by atoms with Crippen LogP contribution in [0.2, 0.25) is 0 Å². The fourth-order valence-electron chi connectivity index (χ4n) is 4.58. The molecule has 3 heterocycles. The molecule has 0 saturated carbocycles. The van der Waals surface area contributed by atoms with E-state index >= 15 is 0 Å². The highest BCUT2D eigenvalue weighted by molar-refractivity contribution is 5.97. The van der Waals surface area contributed by atoms with E-state index in [-0.39, 0.29) is 0 Å². The van der Waals surface area contributed by atoms with Gasteiger partial charge in [-0.3, -0.25) is 4.98 Å². The van der Waals surface area contributed by atoms with Crippen molar-refractivity contribution in [2.75, 3.05) is 38.0 Å². The highest BCUT2D eigenvalue weighted by atomic mass is 15.2. The van der Waals surface area contributed by atoms with Crippen molar-refractivity contribution in [2.45, 2.75) is 18.9 Å². The van der Waals surface area contributed by atoms with E-state index in [4.69, 9.17) is 0 Å². The fraction of sp³-hybridized carbons (Fsp3) is 0.360. The quantitative estimate of drug-likeness (QED) is 0.684. The van der Waals surface area contributed by atoms with Crippen LogP contribution in [0.1, 0.15) is 18.4 Å². The van der Waals surface area contributed by atoms with Crippen molar-refractivity contribution in [2.24, 2.45) is 5.92 Å². The molecule has 0 aliphatic carbocycles. The Morgan fingerprint density at radius 3 is 2.73 bits per heavy atom. The van der Waals surface area contributed by atoms with Gasteiger partial charge in [-0.05, 0) is 65.6 Å². The number of fused-ring (bicyclic) bond motifs is 1. The van der Waals surface area contributed by atoms with Crippen LogP contribution in [0.3, 0.4) is 0 Å². The van der Waals surface area contributed by atoms with Gasteiger partial charge in [0, 0.05) is 62.2 Å². The third-order valence-corrected chi connectivity index (χ3v) is 6.41. The van der Waals surface area contributed by atoms with Crippen LogP contribution in [0.5, 0.6) is 0 Å². The smallest absolute Gasteiger partial charge is 0.0991 e. The fourth-order valence-corrected chi connectivity index (χ4v) is 4.58. The monoisotopic (exact) mass is 397 g/mol. The Kier molecular flexibility index (Phi) is 5.35. The van der Waals surface area contributed by atoms with Crippen LogP contribution in [-0.4, -0.2) is 48.6 Å². The molecule has 0 amide bonds. The first-order chi connectivity index (χ1) is 14.8. The summed E-state index contributed by atoms with van der Waals surface area (Å²) < 4.78 is 0. The average Bonchev–Trinajstić information content (AvgIpc) is 2.77. The number of rotatable bonds is 5. The van der Waals surface area contributed by atoms with Gasteiger partial charge < -0.3 is 15.5 Å². The van der Waals surface area contributed by atoms with Crippen LogP contribution >= 0.6 is 0 Å². The maximum atomic E-state index is 9.27. The first-order valence-electron chi connectivity index (χ1n) is 10.9. The topological polar surface area (TPSA) is 64.0 Å². The van der Waals surface area contributed by atoms with Crippen LogP contribution in [0.4, 0.5) is 5.69 Å². The summed E-state index contributed by atoms with van der Waals surface area (Å²) in [7, 11) is 0. The number of anilines is 1. The lowest BCUT2D eigenvalue weighted by Crippen LogP contribution is -2.50. The van der Waals surface area contributed by atoms with E-state index in [0.29, 0.717) is 11.6 Å². The molecule has 3 aromatic rings. The van der Waals surface area contributed by atoms with Gasteiger partial charge in [0.15, 0.2) is 0 Å². The van der Waals surface area contributed by atoms with Gasteiger partial charge >= 0.3 is 0 Å². The summed E-state index contributed by atoms with van der Waals surface area (Å²) in [6.07, 6.45) is 6.12. The molecule has 2 N–H and O–H groups in total. The van der Waals surface area contributed by atoms with Gasteiger partial charge in [-0.2, -0.15) is 5.26 Å². The van der Waals surface area contributed by atoms with E-state index in [1.807, 2.05) is 30.6 Å². The van der Waals surface area contributed by atoms with Gasteiger partial charge in [0.05, 0.1) is 11.6 Å². The molecular formula is C25H27N5. The predicted octanol–water partition coefficient (Wildman–Crippen LogP) is 3.87. The Balaban J connectivity index is 1.37. The molecule has 152 valence electrons. The van der Waals surface area contributed by atoms with Crippen LogP contribution < -0.4 is 10.6 Å². The summed E-state index contributed by atoms with van der Waals surface area (Å²) in [5, 5.41) is 18.8. The van der Waals surface area contributed by atoms with Crippen LogP contribution in [0.25, 0.3) is 21.9 Å². The van der Waals surface area contributed by atoms with Gasteiger partial charge in [0.25, 0.3) is 0 Å². The third kappa shape index (κ3) is 4.02. The lowest BCUT2D eigenvalue weighted by Gasteiger charge is -2.37. The number of hydrogen-bond acceptors (Lipinski definition) is 5. The Morgan fingerprint density at radius 1 is 1.10 bits per heavy atom. The number of nitrogens with zero attached hydrogens (tertiary/aromatic N) is 3. The van der Waals surface area contributed by atoms with Crippen LogP contribution in [-0.2, 0) is 0 Å². The molecule has 2 aliphatic heterocycles. The summed E-state index contributed by atoms with van der Waals surface area (Å²) in [4.78, 5) is 6.98. The van der Waals surface area contributed by atoms with Gasteiger partial charge in [-0.15, -0.1) is 0 Å². The number of hydrogen-bond donors (Lipinski definition) is 2. The number of nitrogens with one attached hydrogen (secondary N) is 2. The molecule has 2 aliphatic rings. The van der Waals surface area contributed by atoms with Gasteiger partial charge in [-0.25, -0.2) is 0 Å². The molecule has 5 heteroatoms. The highest BCUT2D eigenvalue weighted by Gasteiger charge is 2.24. The zero-order chi connectivity index (χ0) is 20.3. The second kappa shape index (κ2) is 8.43. The molecule has 2 saturated heterocycles. The second-order valence-electron chi connectivity index (χ2n) is 8.56. The summed E-state index contributed by atoms with van der Waals surface area (Å²) >= 11 is 0. The van der Waals surface area contributed by atoms with Crippen molar-refractivity contribution in [1.82, 2.24) is 15.2 Å². The highest BCUT2D eigenvalue weighted by Crippen LogP contribution is 2.32. The summed E-state index contributed by atoms with van der Waals surface area (Å²) in [6, 6.07) is 17.0. The SMILES string of the molecule is N#Cc1cccc(-c2cc(NC3CCN(CC4CNC4)CC3)c3cnccc3c2)c1. The number of piperidine rings is 1. The molecule has 2 aromatic carbocycles. The normalized spacial score (nSPS) is 18.1. The molecule has 30 heavy (non-hydrogen) atoms. The minimum Gasteiger partial charge on any atom is -0.382 e. The Morgan fingerprint density at radius 2 is 1.97 bits per heavy atom. The molecule has 0 bridgehead atoms. The van der Waals surface area contributed by atoms with Crippen molar-refractivity contribution >= 4 is 16.5 Å². The van der Waals surface area contributed by atoms with Crippen molar-refractivity contribution < 1.29 is 0 Å². The summed E-state index contributed by atoms with van der Waals surface area (Å²) in [6.45, 7) is 5.91. The summed E-state index contributed by atoms with van der Waals surface area (Å²) in [5.74, 6) is 0.838. The molecule has 5 nitrogen and oxygen atoms in total. The molecule has 0 unspecified atom stereocenters. The van der Waals surface area contributed by atoms with E-state index in [2.05, 4.69) is 50.9 Å². The summed E-state index contributed by atoms with van der Waals surface area (Å²) in [5.41, 5.74) is 4.02. The molecular weight excluding hydrogens is 370 g/mol. The molecule has 0 radical (unpaired) electrons. The van der Waals surface area contributed by atoms with Gasteiger partial charge in [-0.1, -0.05) is 12.1 Å². The van der Waals surface area contributed by atoms with Crippen molar-refractivity contribution in [3.05, 3.63) is 60.4 Å². The number of benzene rings is 2. The molecule has 5 rings (SSSR count). The largest absolute Gasteiger partial charge is 0.382 e. The third-order valence-electron chi connectivity index (χ3n) is 6.41. The van der Waals surface area contributed by atoms with Crippen molar-refractivity contribution in [3.63, 3.8) is 0 Å². The minimum atomic E-state index is 0.477. The van der Waals surface area contributed by atoms with E-state index in [9.17, 15) is 5.26 Å². The van der Waals surface area contributed by atoms with Crippen LogP contribution in [0.15, 0.2) is 54.9 Å². The lowest BCUT2D eigenvalue weighted by atomic mass is 9.97. The zero-order valence-corrected chi connectivity index (χ0v) is 17.1. The minimum absolute atomic E-state index is 0.477. The number of likely N-dealkylation sites (tertiary alicyclic amines) is 1. The first-order valence-corrected chi connectivity index (χ1v) is 10.9. The van der Waals surface area contributed by atoms with E-state index < -0.39 is 0 Å². The first kappa shape index (κ1) is 19.0. The van der Waals surface area contributed by atoms with Crippen molar-refractivity contribution in [1.29, 1.82) is 5.26 Å². The lowest BCUT2D eigenvalue weighted by molar-refractivity contribution is 0.162. The average molecular weight is 398 g/mol. The van der Waals surface area contributed by atoms with E-state index in [1.165, 1.54) is 25.0 Å². The number of pyridine rings is 1. The maximum absolute atomic E-state index is 9.27. The number of aromatic nitrogens is 1. The molecule has 0 atom stereocenters.